The van der Waals surface area contributed by atoms with Gasteiger partial charge in [-0.25, -0.2) is 4.39 Å². The maximum atomic E-state index is 13.0. The topological polar surface area (TPSA) is 30.5 Å². The van der Waals surface area contributed by atoms with Crippen LogP contribution in [-0.4, -0.2) is 6.61 Å². The molecular weight excluding hydrogens is 377 g/mol. The summed E-state index contributed by atoms with van der Waals surface area (Å²) < 4.78 is 24.7. The van der Waals surface area contributed by atoms with Gasteiger partial charge in [-0.3, -0.25) is 0 Å². The number of nitrogens with one attached hydrogen (secondary N) is 1. The first-order valence-corrected chi connectivity index (χ1v) is 9.60. The highest BCUT2D eigenvalue weighted by atomic mass is 35.5. The van der Waals surface area contributed by atoms with Crippen molar-refractivity contribution >= 4 is 11.6 Å². The molecule has 0 fully saturated rings. The molecule has 0 bridgehead atoms. The van der Waals surface area contributed by atoms with Crippen molar-refractivity contribution in [3.05, 3.63) is 94.3 Å². The fraction of sp³-hybridized carbons (Fsp3) is 0.217. The smallest absolute Gasteiger partial charge is 0.180 e. The van der Waals surface area contributed by atoms with Crippen LogP contribution in [0.2, 0.25) is 5.02 Å². The van der Waals surface area contributed by atoms with Crippen LogP contribution >= 0.6 is 11.6 Å². The SMILES string of the molecule is CCOc1cc(CNCc2ccc(F)cc2)cc(Cl)c1OCc1ccccc1. The van der Waals surface area contributed by atoms with E-state index in [1.54, 1.807) is 12.1 Å². The van der Waals surface area contributed by atoms with Gasteiger partial charge in [0.05, 0.1) is 11.6 Å². The second-order valence-electron chi connectivity index (χ2n) is 6.34. The summed E-state index contributed by atoms with van der Waals surface area (Å²) in [6.07, 6.45) is 0. The molecule has 0 atom stereocenters. The first-order chi connectivity index (χ1) is 13.7. The Balaban J connectivity index is 1.66. The number of hydrogen-bond donors (Lipinski definition) is 1. The minimum atomic E-state index is -0.233. The molecular formula is C23H23ClFNO2. The van der Waals surface area contributed by atoms with Gasteiger partial charge in [-0.1, -0.05) is 54.1 Å². The Morgan fingerprint density at radius 3 is 2.29 bits per heavy atom. The first-order valence-electron chi connectivity index (χ1n) is 9.23. The van der Waals surface area contributed by atoms with E-state index in [-0.39, 0.29) is 5.82 Å². The molecule has 3 rings (SSSR count). The van der Waals surface area contributed by atoms with Crippen molar-refractivity contribution in [2.75, 3.05) is 6.61 Å². The van der Waals surface area contributed by atoms with E-state index >= 15 is 0 Å². The molecule has 0 aliphatic carbocycles. The zero-order valence-electron chi connectivity index (χ0n) is 15.8. The van der Waals surface area contributed by atoms with Gasteiger partial charge >= 0.3 is 0 Å². The van der Waals surface area contributed by atoms with Gasteiger partial charge in [-0.05, 0) is 47.9 Å². The van der Waals surface area contributed by atoms with E-state index in [0.717, 1.165) is 16.7 Å². The molecule has 0 spiro atoms. The van der Waals surface area contributed by atoms with Gasteiger partial charge in [-0.2, -0.15) is 0 Å². The fourth-order valence-electron chi connectivity index (χ4n) is 2.81. The number of hydrogen-bond acceptors (Lipinski definition) is 3. The Bertz CT molecular complexity index is 885. The monoisotopic (exact) mass is 399 g/mol. The van der Waals surface area contributed by atoms with Crippen molar-refractivity contribution in [1.29, 1.82) is 0 Å². The van der Waals surface area contributed by atoms with Crippen LogP contribution in [0.15, 0.2) is 66.7 Å². The molecule has 5 heteroatoms. The Hall–Kier alpha value is -2.56. The lowest BCUT2D eigenvalue weighted by molar-refractivity contribution is 0.269. The van der Waals surface area contributed by atoms with Gasteiger partial charge in [0.2, 0.25) is 0 Å². The highest BCUT2D eigenvalue weighted by Crippen LogP contribution is 2.37. The molecule has 0 radical (unpaired) electrons. The van der Waals surface area contributed by atoms with E-state index in [1.807, 2.05) is 49.4 Å². The van der Waals surface area contributed by atoms with Crippen molar-refractivity contribution in [3.8, 4) is 11.5 Å². The number of benzene rings is 3. The lowest BCUT2D eigenvalue weighted by Crippen LogP contribution is -2.13. The van der Waals surface area contributed by atoms with E-state index < -0.39 is 0 Å². The number of rotatable bonds is 9. The molecule has 3 nitrogen and oxygen atoms in total. The molecule has 0 aromatic heterocycles. The Kier molecular flexibility index (Phi) is 7.29. The Morgan fingerprint density at radius 1 is 0.857 bits per heavy atom. The number of ether oxygens (including phenoxy) is 2. The highest BCUT2D eigenvalue weighted by Gasteiger charge is 2.13. The molecule has 0 saturated heterocycles. The molecule has 3 aromatic carbocycles. The maximum absolute atomic E-state index is 13.0. The summed E-state index contributed by atoms with van der Waals surface area (Å²) >= 11 is 6.48. The molecule has 28 heavy (non-hydrogen) atoms. The van der Waals surface area contributed by atoms with Gasteiger partial charge in [0.1, 0.15) is 12.4 Å². The van der Waals surface area contributed by atoms with E-state index in [4.69, 9.17) is 21.1 Å². The third-order valence-corrected chi connectivity index (χ3v) is 4.45. The fourth-order valence-corrected chi connectivity index (χ4v) is 3.10. The summed E-state index contributed by atoms with van der Waals surface area (Å²) in [4.78, 5) is 0. The second kappa shape index (κ2) is 10.1. The molecule has 0 amide bonds. The van der Waals surface area contributed by atoms with Crippen LogP contribution in [0.1, 0.15) is 23.6 Å². The molecule has 0 unspecified atom stereocenters. The Morgan fingerprint density at radius 2 is 1.57 bits per heavy atom. The first kappa shape index (κ1) is 20.2. The van der Waals surface area contributed by atoms with Crippen molar-refractivity contribution in [3.63, 3.8) is 0 Å². The molecule has 0 heterocycles. The standard InChI is InChI=1S/C23H23ClFNO2/c1-2-27-22-13-19(15-26-14-17-8-10-20(25)11-9-17)12-21(24)23(22)28-16-18-6-4-3-5-7-18/h3-13,26H,2,14-16H2,1H3. The molecule has 146 valence electrons. The van der Waals surface area contributed by atoms with Crippen LogP contribution < -0.4 is 14.8 Å². The zero-order valence-corrected chi connectivity index (χ0v) is 16.5. The van der Waals surface area contributed by atoms with E-state index in [2.05, 4.69) is 5.32 Å². The largest absolute Gasteiger partial charge is 0.490 e. The Labute approximate surface area is 170 Å². The predicted molar refractivity (Wildman–Crippen MR) is 110 cm³/mol. The number of halogens is 2. The predicted octanol–water partition coefficient (Wildman–Crippen LogP) is 5.75. The van der Waals surface area contributed by atoms with Crippen LogP contribution in [0.3, 0.4) is 0 Å². The average molecular weight is 400 g/mol. The van der Waals surface area contributed by atoms with Crippen LogP contribution in [0.25, 0.3) is 0 Å². The van der Waals surface area contributed by atoms with Crippen LogP contribution in [0, 0.1) is 5.82 Å². The lowest BCUT2D eigenvalue weighted by atomic mass is 10.1. The summed E-state index contributed by atoms with van der Waals surface area (Å²) in [6.45, 7) is 4.10. The third kappa shape index (κ3) is 5.72. The van der Waals surface area contributed by atoms with Gasteiger partial charge in [0.25, 0.3) is 0 Å². The zero-order chi connectivity index (χ0) is 19.8. The molecule has 3 aromatic rings. The summed E-state index contributed by atoms with van der Waals surface area (Å²) in [7, 11) is 0. The maximum Gasteiger partial charge on any atom is 0.180 e. The minimum Gasteiger partial charge on any atom is -0.490 e. The van der Waals surface area contributed by atoms with Crippen molar-refractivity contribution in [2.45, 2.75) is 26.6 Å². The van der Waals surface area contributed by atoms with Gasteiger partial charge in [-0.15, -0.1) is 0 Å². The highest BCUT2D eigenvalue weighted by molar-refractivity contribution is 6.32. The van der Waals surface area contributed by atoms with Gasteiger partial charge in [0.15, 0.2) is 11.5 Å². The van der Waals surface area contributed by atoms with Gasteiger partial charge in [0, 0.05) is 13.1 Å². The van der Waals surface area contributed by atoms with Crippen molar-refractivity contribution < 1.29 is 13.9 Å². The molecule has 0 saturated carbocycles. The average Bonchev–Trinajstić information content (AvgIpc) is 2.70. The normalized spacial score (nSPS) is 10.7. The lowest BCUT2D eigenvalue weighted by Gasteiger charge is -2.16. The molecule has 1 N–H and O–H groups in total. The summed E-state index contributed by atoms with van der Waals surface area (Å²) in [5, 5.41) is 3.85. The van der Waals surface area contributed by atoms with Gasteiger partial charge < -0.3 is 14.8 Å². The quantitative estimate of drug-likeness (QED) is 0.497. The second-order valence-corrected chi connectivity index (χ2v) is 6.75. The molecule has 0 aliphatic heterocycles. The molecule has 0 aliphatic rings. The van der Waals surface area contributed by atoms with Crippen LogP contribution in [0.5, 0.6) is 11.5 Å². The van der Waals surface area contributed by atoms with Crippen LogP contribution in [-0.2, 0) is 19.7 Å². The third-order valence-electron chi connectivity index (χ3n) is 4.17. The van der Waals surface area contributed by atoms with E-state index in [9.17, 15) is 4.39 Å². The van der Waals surface area contributed by atoms with Crippen molar-refractivity contribution in [2.24, 2.45) is 0 Å². The van der Waals surface area contributed by atoms with E-state index in [0.29, 0.717) is 42.8 Å². The minimum absolute atomic E-state index is 0.233. The van der Waals surface area contributed by atoms with E-state index in [1.165, 1.54) is 12.1 Å². The summed E-state index contributed by atoms with van der Waals surface area (Å²) in [5.74, 6) is 0.946. The summed E-state index contributed by atoms with van der Waals surface area (Å²) in [6, 6.07) is 20.2. The van der Waals surface area contributed by atoms with Crippen LogP contribution in [0.4, 0.5) is 4.39 Å². The summed E-state index contributed by atoms with van der Waals surface area (Å²) in [5.41, 5.74) is 3.06. The van der Waals surface area contributed by atoms with Crippen molar-refractivity contribution in [1.82, 2.24) is 5.32 Å².